The zero-order valence-electron chi connectivity index (χ0n) is 6.44. The van der Waals surface area contributed by atoms with Gasteiger partial charge in [0.2, 0.25) is 0 Å². The summed E-state index contributed by atoms with van der Waals surface area (Å²) < 4.78 is 0. The quantitative estimate of drug-likeness (QED) is 0.384. The van der Waals surface area contributed by atoms with Gasteiger partial charge in [-0.3, -0.25) is 0 Å². The lowest BCUT2D eigenvalue weighted by Crippen LogP contribution is -1.77. The summed E-state index contributed by atoms with van der Waals surface area (Å²) >= 11 is 0. The Morgan fingerprint density at radius 2 is 2.00 bits per heavy atom. The average molecular weight is 120 g/mol. The van der Waals surface area contributed by atoms with Gasteiger partial charge < -0.3 is 0 Å². The lowest BCUT2D eigenvalue weighted by molar-refractivity contribution is 1.38. The molecule has 0 fully saturated rings. The molecule has 0 radical (unpaired) electrons. The van der Waals surface area contributed by atoms with Gasteiger partial charge in [0.15, 0.2) is 0 Å². The number of hydrogen-bond donors (Lipinski definition) is 0. The van der Waals surface area contributed by atoms with Crippen molar-refractivity contribution in [3.8, 4) is 0 Å². The van der Waals surface area contributed by atoms with Crippen LogP contribution < -0.4 is 0 Å². The third kappa shape index (κ3) is 3.83. The van der Waals surface area contributed by atoms with E-state index in [0.29, 0.717) is 0 Å². The second kappa shape index (κ2) is 4.19. The van der Waals surface area contributed by atoms with Crippen LogP contribution in [-0.2, 0) is 0 Å². The van der Waals surface area contributed by atoms with Crippen LogP contribution in [0.25, 0.3) is 0 Å². The largest absolute Gasteiger partial charge is 0.139 e. The van der Waals surface area contributed by atoms with E-state index >= 15 is 0 Å². The maximum atomic E-state index is 3.58. The topological polar surface area (TPSA) is 0 Å². The molecule has 1 heteroatoms. The number of allylic oxidation sites excluding steroid dienone is 5. The van der Waals surface area contributed by atoms with E-state index in [1.807, 2.05) is 6.08 Å². The Bertz CT molecular complexity index is 148. The molecule has 0 aromatic rings. The second-order valence-corrected chi connectivity index (χ2v) is 2.28. The van der Waals surface area contributed by atoms with Gasteiger partial charge in [-0.25, -0.2) is 0 Å². The van der Waals surface area contributed by atoms with Crippen LogP contribution >= 0.6 is 0 Å². The summed E-state index contributed by atoms with van der Waals surface area (Å²) in [6, 6.07) is 0. The standard InChI is InChI=1S/C8H13B/c1-4-5-6-8(9)7(2)3/h4-6H,1,9H2,2-3H3/b6-5-. The molecule has 0 spiro atoms. The molecule has 9 heavy (non-hydrogen) atoms. The number of hydrogen-bond acceptors (Lipinski definition) is 0. The van der Waals surface area contributed by atoms with Crippen LogP contribution in [0.4, 0.5) is 0 Å². The first kappa shape index (κ1) is 8.28. The SMILES string of the molecule is BC(/C=C\C=C)=C(C)C. The van der Waals surface area contributed by atoms with Crippen LogP contribution in [0.1, 0.15) is 13.8 Å². The Labute approximate surface area is 58.4 Å². The monoisotopic (exact) mass is 120 g/mol. The van der Waals surface area contributed by atoms with Crippen LogP contribution in [0, 0.1) is 0 Å². The molecule has 0 saturated carbocycles. The van der Waals surface area contributed by atoms with E-state index in [1.54, 1.807) is 6.08 Å². The summed E-state index contributed by atoms with van der Waals surface area (Å²) in [6.07, 6.45) is 5.79. The van der Waals surface area contributed by atoms with Crippen molar-refractivity contribution in [1.29, 1.82) is 0 Å². The molecule has 0 unspecified atom stereocenters. The highest BCUT2D eigenvalue weighted by atomic mass is 13.8. The first-order valence-electron chi connectivity index (χ1n) is 3.11. The van der Waals surface area contributed by atoms with Crippen molar-refractivity contribution >= 4 is 7.85 Å². The van der Waals surface area contributed by atoms with Gasteiger partial charge in [0.05, 0.1) is 0 Å². The zero-order chi connectivity index (χ0) is 7.28. The molecule has 0 rings (SSSR count). The molecule has 0 aliphatic carbocycles. The minimum absolute atomic E-state index is 1.31. The van der Waals surface area contributed by atoms with E-state index in [-0.39, 0.29) is 0 Å². The van der Waals surface area contributed by atoms with Crippen LogP contribution in [0.3, 0.4) is 0 Å². The minimum atomic E-state index is 1.31. The molecule has 0 aromatic carbocycles. The summed E-state index contributed by atoms with van der Waals surface area (Å²) in [6.45, 7) is 7.78. The summed E-state index contributed by atoms with van der Waals surface area (Å²) in [7, 11) is 2.09. The Kier molecular flexibility index (Phi) is 3.86. The average Bonchev–Trinajstić information content (AvgIpc) is 1.82. The molecule has 0 N–H and O–H groups in total. The van der Waals surface area contributed by atoms with Gasteiger partial charge >= 0.3 is 0 Å². The highest BCUT2D eigenvalue weighted by Gasteiger charge is 1.81. The molecule has 0 saturated heterocycles. The van der Waals surface area contributed by atoms with Crippen LogP contribution in [0.2, 0.25) is 0 Å². The van der Waals surface area contributed by atoms with Gasteiger partial charge in [0.25, 0.3) is 0 Å². The fourth-order valence-electron chi connectivity index (χ4n) is 0.379. The van der Waals surface area contributed by atoms with Gasteiger partial charge in [-0.2, -0.15) is 0 Å². The van der Waals surface area contributed by atoms with E-state index < -0.39 is 0 Å². The van der Waals surface area contributed by atoms with Crippen LogP contribution in [0.15, 0.2) is 35.9 Å². The molecule has 0 nitrogen and oxygen atoms in total. The van der Waals surface area contributed by atoms with E-state index in [4.69, 9.17) is 0 Å². The predicted octanol–water partition coefficient (Wildman–Crippen LogP) is 1.66. The van der Waals surface area contributed by atoms with Crippen molar-refractivity contribution in [3.63, 3.8) is 0 Å². The second-order valence-electron chi connectivity index (χ2n) is 2.28. The maximum absolute atomic E-state index is 3.58. The molecular formula is C8H13B. The molecule has 0 atom stereocenters. The Hall–Kier alpha value is -0.715. The van der Waals surface area contributed by atoms with Gasteiger partial charge in [0, 0.05) is 0 Å². The minimum Gasteiger partial charge on any atom is -0.0991 e. The Balaban J connectivity index is 4.06. The Morgan fingerprint density at radius 3 is 2.33 bits per heavy atom. The first-order valence-corrected chi connectivity index (χ1v) is 3.11. The summed E-state index contributed by atoms with van der Waals surface area (Å²) in [5, 5.41) is 0. The molecule has 0 amide bonds. The van der Waals surface area contributed by atoms with Crippen LogP contribution in [0.5, 0.6) is 0 Å². The Morgan fingerprint density at radius 1 is 1.44 bits per heavy atom. The van der Waals surface area contributed by atoms with Gasteiger partial charge in [-0.05, 0) is 13.8 Å². The maximum Gasteiger partial charge on any atom is 0.139 e. The van der Waals surface area contributed by atoms with Crippen LogP contribution in [-0.4, -0.2) is 7.85 Å². The highest BCUT2D eigenvalue weighted by Crippen LogP contribution is 1.98. The molecule has 0 aliphatic rings. The van der Waals surface area contributed by atoms with Crippen molar-refractivity contribution < 1.29 is 0 Å². The lowest BCUT2D eigenvalue weighted by Gasteiger charge is -1.92. The first-order chi connectivity index (χ1) is 4.18. The van der Waals surface area contributed by atoms with E-state index in [9.17, 15) is 0 Å². The summed E-state index contributed by atoms with van der Waals surface area (Å²) in [4.78, 5) is 0. The molecule has 0 bridgehead atoms. The molecule has 0 aliphatic heterocycles. The van der Waals surface area contributed by atoms with Crippen molar-refractivity contribution in [2.45, 2.75) is 13.8 Å². The van der Waals surface area contributed by atoms with E-state index in [1.165, 1.54) is 11.0 Å². The third-order valence-electron chi connectivity index (χ3n) is 1.27. The summed E-state index contributed by atoms with van der Waals surface area (Å²) in [5.41, 5.74) is 2.67. The molecule has 0 heterocycles. The van der Waals surface area contributed by atoms with Gasteiger partial charge in [0.1, 0.15) is 7.85 Å². The third-order valence-corrected chi connectivity index (χ3v) is 1.27. The fraction of sp³-hybridized carbons (Fsp3) is 0.250. The summed E-state index contributed by atoms with van der Waals surface area (Å²) in [5.74, 6) is 0. The van der Waals surface area contributed by atoms with Crippen molar-refractivity contribution in [2.24, 2.45) is 0 Å². The zero-order valence-corrected chi connectivity index (χ0v) is 6.44. The smallest absolute Gasteiger partial charge is 0.0991 e. The van der Waals surface area contributed by atoms with Crippen molar-refractivity contribution in [3.05, 3.63) is 35.9 Å². The van der Waals surface area contributed by atoms with Gasteiger partial charge in [-0.1, -0.05) is 35.9 Å². The molecule has 0 aromatic heterocycles. The highest BCUT2D eigenvalue weighted by molar-refractivity contribution is 6.23. The van der Waals surface area contributed by atoms with Gasteiger partial charge in [-0.15, -0.1) is 0 Å². The predicted molar refractivity (Wildman–Crippen MR) is 46.3 cm³/mol. The van der Waals surface area contributed by atoms with Crippen molar-refractivity contribution in [2.75, 3.05) is 0 Å². The lowest BCUT2D eigenvalue weighted by atomic mass is 9.91. The number of rotatable bonds is 2. The normalized spacial score (nSPS) is 9.56. The molecular weight excluding hydrogens is 107 g/mol. The van der Waals surface area contributed by atoms with E-state index in [0.717, 1.165) is 0 Å². The van der Waals surface area contributed by atoms with Crippen molar-refractivity contribution in [1.82, 2.24) is 0 Å². The van der Waals surface area contributed by atoms with E-state index in [2.05, 4.69) is 34.3 Å². The fourth-order valence-corrected chi connectivity index (χ4v) is 0.379. The molecule has 48 valence electrons.